The molecule has 1 aromatic carbocycles. The number of ether oxygens (including phenoxy) is 2. The molecule has 1 aromatic rings. The van der Waals surface area contributed by atoms with Crippen LogP contribution >= 0.6 is 0 Å². The second-order valence-electron chi connectivity index (χ2n) is 11.4. The average molecular weight is 428 g/mol. The van der Waals surface area contributed by atoms with Crippen LogP contribution in [-0.2, 0) is 20.5 Å². The van der Waals surface area contributed by atoms with Crippen LogP contribution in [-0.4, -0.2) is 37.5 Å². The fourth-order valence-corrected chi connectivity index (χ4v) is 6.10. The molecule has 4 atom stereocenters. The van der Waals surface area contributed by atoms with E-state index in [-0.39, 0.29) is 24.8 Å². The molecular weight excluding hydrogens is 391 g/mol. The van der Waals surface area contributed by atoms with E-state index in [2.05, 4.69) is 20.8 Å². The first-order chi connectivity index (χ1) is 14.4. The minimum atomic E-state index is -0.559. The number of carbonyl (C=O) groups is 1. The fourth-order valence-electron chi connectivity index (χ4n) is 6.10. The summed E-state index contributed by atoms with van der Waals surface area (Å²) < 4.78 is 24.0. The van der Waals surface area contributed by atoms with Crippen molar-refractivity contribution in [3.05, 3.63) is 28.8 Å². The van der Waals surface area contributed by atoms with Crippen LogP contribution < -0.4 is 4.74 Å². The minimum absolute atomic E-state index is 0.181. The molecule has 1 aliphatic heterocycles. The summed E-state index contributed by atoms with van der Waals surface area (Å²) >= 11 is 0. The Hall–Kier alpha value is -1.53. The third-order valence-electron chi connectivity index (χ3n) is 8.01. The molecule has 2 bridgehead atoms. The van der Waals surface area contributed by atoms with Crippen molar-refractivity contribution in [2.24, 2.45) is 17.3 Å². The zero-order valence-electron chi connectivity index (χ0n) is 20.3. The molecule has 0 amide bonds. The SMILES string of the molecule is COc1ccc(CCB2OC3CC4CC(C4(C)C)[C@]3(C)O2)c(C)c1C(=O)OC(C)(C)C. The molecule has 3 unspecified atom stereocenters. The van der Waals surface area contributed by atoms with E-state index in [1.807, 2.05) is 39.8 Å². The summed E-state index contributed by atoms with van der Waals surface area (Å²) in [6.45, 7) is 14.6. The number of hydrogen-bond acceptors (Lipinski definition) is 5. The molecular formula is C25H37BO5. The van der Waals surface area contributed by atoms with E-state index in [0.717, 1.165) is 36.2 Å². The predicted octanol–water partition coefficient (Wildman–Crippen LogP) is 5.23. The monoisotopic (exact) mass is 428 g/mol. The first-order valence-corrected chi connectivity index (χ1v) is 11.6. The molecule has 5 nitrogen and oxygen atoms in total. The van der Waals surface area contributed by atoms with Gasteiger partial charge in [0.1, 0.15) is 16.9 Å². The molecule has 0 N–H and O–H groups in total. The number of methoxy groups -OCH3 is 1. The maximum absolute atomic E-state index is 12.8. The van der Waals surface area contributed by atoms with Crippen LogP contribution in [0.5, 0.6) is 5.75 Å². The van der Waals surface area contributed by atoms with Gasteiger partial charge >= 0.3 is 13.1 Å². The minimum Gasteiger partial charge on any atom is -0.496 e. The third kappa shape index (κ3) is 3.80. The quantitative estimate of drug-likeness (QED) is 0.475. The van der Waals surface area contributed by atoms with E-state index >= 15 is 0 Å². The summed E-state index contributed by atoms with van der Waals surface area (Å²) in [6.07, 6.45) is 4.10. The number of hydrogen-bond donors (Lipinski definition) is 0. The van der Waals surface area contributed by atoms with E-state index in [4.69, 9.17) is 18.8 Å². The molecule has 4 aliphatic rings. The van der Waals surface area contributed by atoms with Gasteiger partial charge in [-0.05, 0) is 94.6 Å². The summed E-state index contributed by atoms with van der Waals surface area (Å²) in [6, 6.07) is 3.89. The molecule has 170 valence electrons. The third-order valence-corrected chi connectivity index (χ3v) is 8.01. The highest BCUT2D eigenvalue weighted by molar-refractivity contribution is 6.45. The Kier molecular flexibility index (Phi) is 5.49. The van der Waals surface area contributed by atoms with E-state index in [1.165, 1.54) is 6.42 Å². The highest BCUT2D eigenvalue weighted by Gasteiger charge is 2.67. The van der Waals surface area contributed by atoms with Crippen molar-refractivity contribution in [3.63, 3.8) is 0 Å². The van der Waals surface area contributed by atoms with Gasteiger partial charge < -0.3 is 18.8 Å². The maximum Gasteiger partial charge on any atom is 0.457 e. The van der Waals surface area contributed by atoms with Gasteiger partial charge in [0, 0.05) is 0 Å². The van der Waals surface area contributed by atoms with Crippen molar-refractivity contribution in [1.82, 2.24) is 0 Å². The largest absolute Gasteiger partial charge is 0.496 e. The maximum atomic E-state index is 12.8. The van der Waals surface area contributed by atoms with Gasteiger partial charge in [-0.15, -0.1) is 0 Å². The van der Waals surface area contributed by atoms with Crippen molar-refractivity contribution < 1.29 is 23.6 Å². The Morgan fingerprint density at radius 1 is 1.23 bits per heavy atom. The van der Waals surface area contributed by atoms with E-state index in [9.17, 15) is 4.79 Å². The van der Waals surface area contributed by atoms with Crippen LogP contribution in [0.4, 0.5) is 0 Å². The van der Waals surface area contributed by atoms with Gasteiger partial charge in [-0.3, -0.25) is 0 Å². The molecule has 3 saturated carbocycles. The van der Waals surface area contributed by atoms with Crippen molar-refractivity contribution in [2.75, 3.05) is 7.11 Å². The molecule has 0 aromatic heterocycles. The van der Waals surface area contributed by atoms with E-state index in [1.54, 1.807) is 7.11 Å². The van der Waals surface area contributed by atoms with E-state index < -0.39 is 5.60 Å². The second-order valence-corrected chi connectivity index (χ2v) is 11.4. The van der Waals surface area contributed by atoms with Crippen LogP contribution in [0.2, 0.25) is 6.32 Å². The van der Waals surface area contributed by atoms with Gasteiger partial charge in [-0.25, -0.2) is 4.79 Å². The van der Waals surface area contributed by atoms with Gasteiger partial charge in [-0.1, -0.05) is 19.9 Å². The molecule has 1 saturated heterocycles. The smallest absolute Gasteiger partial charge is 0.457 e. The number of benzene rings is 1. The summed E-state index contributed by atoms with van der Waals surface area (Å²) in [5, 5.41) is 0. The molecule has 0 spiro atoms. The van der Waals surface area contributed by atoms with Gasteiger partial charge in [0.2, 0.25) is 0 Å². The van der Waals surface area contributed by atoms with Gasteiger partial charge in [0.25, 0.3) is 0 Å². The van der Waals surface area contributed by atoms with Crippen LogP contribution in [0.25, 0.3) is 0 Å². The lowest BCUT2D eigenvalue weighted by atomic mass is 9.43. The summed E-state index contributed by atoms with van der Waals surface area (Å²) in [5.41, 5.74) is 2.11. The Morgan fingerprint density at radius 3 is 2.55 bits per heavy atom. The van der Waals surface area contributed by atoms with Crippen LogP contribution in [0.1, 0.15) is 75.9 Å². The van der Waals surface area contributed by atoms with Crippen molar-refractivity contribution in [3.8, 4) is 5.75 Å². The zero-order chi connectivity index (χ0) is 22.8. The molecule has 6 heteroatoms. The van der Waals surface area contributed by atoms with E-state index in [0.29, 0.717) is 22.6 Å². The Labute approximate surface area is 187 Å². The summed E-state index contributed by atoms with van der Waals surface area (Å²) in [7, 11) is 1.38. The summed E-state index contributed by atoms with van der Waals surface area (Å²) in [5.74, 6) is 1.51. The number of esters is 1. The lowest BCUT2D eigenvalue weighted by Crippen LogP contribution is -2.65. The Bertz CT molecular complexity index is 873. The molecule has 5 rings (SSSR count). The first kappa shape index (κ1) is 22.7. The number of carbonyl (C=O) groups excluding carboxylic acids is 1. The highest BCUT2D eigenvalue weighted by atomic mass is 16.7. The Balaban J connectivity index is 1.47. The van der Waals surface area contributed by atoms with Crippen LogP contribution in [0.15, 0.2) is 12.1 Å². The van der Waals surface area contributed by atoms with Gasteiger partial charge in [0.15, 0.2) is 0 Å². The van der Waals surface area contributed by atoms with Crippen molar-refractivity contribution in [1.29, 1.82) is 0 Å². The second kappa shape index (κ2) is 7.52. The standard InChI is InChI=1S/C25H37BO5/c1-15-16(9-10-18(28-8)21(15)22(27)29-23(2,3)4)11-12-26-30-20-14-17-13-19(24(17,5)6)25(20,7)31-26/h9-10,17,19-20H,11-14H2,1-8H3/t17?,19?,20?,25-/m0/s1. The first-order valence-electron chi connectivity index (χ1n) is 11.6. The molecule has 31 heavy (non-hydrogen) atoms. The van der Waals surface area contributed by atoms with Gasteiger partial charge in [0.05, 0.1) is 18.8 Å². The lowest BCUT2D eigenvalue weighted by Gasteiger charge is -2.64. The molecule has 0 radical (unpaired) electrons. The van der Waals surface area contributed by atoms with Crippen LogP contribution in [0, 0.1) is 24.2 Å². The highest BCUT2D eigenvalue weighted by Crippen LogP contribution is 2.65. The van der Waals surface area contributed by atoms with Crippen molar-refractivity contribution >= 4 is 13.1 Å². The molecule has 4 fully saturated rings. The van der Waals surface area contributed by atoms with Crippen LogP contribution in [0.3, 0.4) is 0 Å². The molecule has 3 aliphatic carbocycles. The normalized spacial score (nSPS) is 31.1. The summed E-state index contributed by atoms with van der Waals surface area (Å²) in [4.78, 5) is 12.8. The average Bonchev–Trinajstić information content (AvgIpc) is 3.00. The zero-order valence-corrected chi connectivity index (χ0v) is 20.3. The topological polar surface area (TPSA) is 54.0 Å². The Morgan fingerprint density at radius 2 is 1.94 bits per heavy atom. The van der Waals surface area contributed by atoms with Gasteiger partial charge in [-0.2, -0.15) is 0 Å². The number of rotatable bonds is 5. The van der Waals surface area contributed by atoms with Crippen molar-refractivity contribution in [2.45, 2.75) is 91.4 Å². The molecule has 1 heterocycles. The lowest BCUT2D eigenvalue weighted by molar-refractivity contribution is -0.199. The fraction of sp³-hybridized carbons (Fsp3) is 0.720. The number of aryl methyl sites for hydroxylation is 1. The predicted molar refractivity (Wildman–Crippen MR) is 122 cm³/mol.